The molecule has 1 fully saturated rings. The lowest BCUT2D eigenvalue weighted by Gasteiger charge is -2.36. The smallest absolute Gasteiger partial charge is 0.248 e. The van der Waals surface area contributed by atoms with Gasteiger partial charge in [-0.05, 0) is 32.0 Å². The van der Waals surface area contributed by atoms with E-state index in [0.717, 1.165) is 11.1 Å². The average molecular weight is 483 g/mol. The van der Waals surface area contributed by atoms with Gasteiger partial charge in [0.05, 0.1) is 12.6 Å². The topological polar surface area (TPSA) is 87.0 Å². The summed E-state index contributed by atoms with van der Waals surface area (Å²) in [5.74, 6) is 0.263. The third-order valence-corrected chi connectivity index (χ3v) is 8.36. The fourth-order valence-corrected chi connectivity index (χ4v) is 6.24. The van der Waals surface area contributed by atoms with Crippen molar-refractivity contribution in [3.63, 3.8) is 0 Å². The fourth-order valence-electron chi connectivity index (χ4n) is 4.53. The normalized spacial score (nSPS) is 15.3. The summed E-state index contributed by atoms with van der Waals surface area (Å²) in [6.45, 7) is 4.61. The lowest BCUT2D eigenvalue weighted by molar-refractivity contribution is -0.133. The Morgan fingerprint density at radius 1 is 0.971 bits per heavy atom. The number of carbonyl (C=O) groups is 1. The Morgan fingerprint density at radius 2 is 1.50 bits per heavy atom. The molecule has 180 valence electrons. The minimum Gasteiger partial charge on any atom is -0.360 e. The van der Waals surface area contributed by atoms with Crippen LogP contribution in [0.4, 0.5) is 0 Å². The zero-order valence-electron chi connectivity index (χ0n) is 19.7. The van der Waals surface area contributed by atoms with Crippen LogP contribution in [-0.4, -0.2) is 73.4 Å². The summed E-state index contributed by atoms with van der Waals surface area (Å²) in [6, 6.07) is 20.2. The summed E-state index contributed by atoms with van der Waals surface area (Å²) in [5.41, 5.74) is 2.57. The first-order chi connectivity index (χ1) is 16.3. The van der Waals surface area contributed by atoms with Crippen molar-refractivity contribution in [3.8, 4) is 0 Å². The Bertz CT molecular complexity index is 1160. The second kappa shape index (κ2) is 10.1. The average Bonchev–Trinajstić information content (AvgIpc) is 3.19. The number of hydrogen-bond acceptors (Lipinski definition) is 6. The van der Waals surface area contributed by atoms with Crippen LogP contribution < -0.4 is 0 Å². The summed E-state index contributed by atoms with van der Waals surface area (Å²) in [7, 11) is -1.76. The number of benzene rings is 2. The first-order valence-electron chi connectivity index (χ1n) is 11.3. The van der Waals surface area contributed by atoms with Gasteiger partial charge in [-0.2, -0.15) is 4.31 Å². The van der Waals surface area contributed by atoms with Crippen LogP contribution in [0.2, 0.25) is 0 Å². The molecule has 4 rings (SSSR count). The summed E-state index contributed by atoms with van der Waals surface area (Å²) in [5, 5.41) is 3.77. The molecule has 8 nitrogen and oxygen atoms in total. The van der Waals surface area contributed by atoms with Gasteiger partial charge in [0, 0.05) is 26.2 Å². The Kier molecular flexibility index (Phi) is 7.16. The number of carbonyl (C=O) groups excluding carboxylic acids is 1. The van der Waals surface area contributed by atoms with Gasteiger partial charge in [0.2, 0.25) is 15.9 Å². The fraction of sp³-hybridized carbons (Fsp3) is 0.360. The Hall–Kier alpha value is -3.01. The summed E-state index contributed by atoms with van der Waals surface area (Å²) >= 11 is 0. The van der Waals surface area contributed by atoms with Crippen molar-refractivity contribution in [2.45, 2.75) is 24.8 Å². The van der Waals surface area contributed by atoms with E-state index in [1.54, 1.807) is 18.7 Å². The second-order valence-corrected chi connectivity index (χ2v) is 10.5. The van der Waals surface area contributed by atoms with Crippen molar-refractivity contribution in [2.24, 2.45) is 0 Å². The largest absolute Gasteiger partial charge is 0.360 e. The highest BCUT2D eigenvalue weighted by atomic mass is 32.2. The maximum atomic E-state index is 13.2. The van der Waals surface area contributed by atoms with Crippen LogP contribution in [-0.2, 0) is 14.8 Å². The van der Waals surface area contributed by atoms with Crippen LogP contribution in [0.1, 0.15) is 28.6 Å². The lowest BCUT2D eigenvalue weighted by atomic mass is 9.97. The van der Waals surface area contributed by atoms with E-state index in [4.69, 9.17) is 4.52 Å². The molecule has 1 amide bonds. The van der Waals surface area contributed by atoms with E-state index in [-0.39, 0.29) is 42.2 Å². The summed E-state index contributed by atoms with van der Waals surface area (Å²) < 4.78 is 32.6. The number of rotatable bonds is 7. The number of aryl methyl sites for hydroxylation is 2. The summed E-state index contributed by atoms with van der Waals surface area (Å²) in [6.07, 6.45) is 0. The number of amides is 1. The maximum Gasteiger partial charge on any atom is 0.248 e. The van der Waals surface area contributed by atoms with Gasteiger partial charge in [0.15, 0.2) is 5.76 Å². The highest BCUT2D eigenvalue weighted by Gasteiger charge is 2.34. The van der Waals surface area contributed by atoms with Gasteiger partial charge in [-0.25, -0.2) is 8.42 Å². The maximum absolute atomic E-state index is 13.2. The van der Waals surface area contributed by atoms with E-state index in [1.165, 1.54) is 4.31 Å². The number of nitrogens with zero attached hydrogens (tertiary/aromatic N) is 4. The molecule has 1 aliphatic heterocycles. The predicted molar refractivity (Wildman–Crippen MR) is 129 cm³/mol. The highest BCUT2D eigenvalue weighted by molar-refractivity contribution is 7.89. The third kappa shape index (κ3) is 4.91. The molecule has 0 N–H and O–H groups in total. The number of hydrogen-bond donors (Lipinski definition) is 0. The predicted octanol–water partition coefficient (Wildman–Crippen LogP) is 2.85. The van der Waals surface area contributed by atoms with E-state index >= 15 is 0 Å². The van der Waals surface area contributed by atoms with Crippen molar-refractivity contribution in [1.82, 2.24) is 19.3 Å². The zero-order valence-corrected chi connectivity index (χ0v) is 20.5. The van der Waals surface area contributed by atoms with E-state index in [2.05, 4.69) is 29.4 Å². The van der Waals surface area contributed by atoms with Crippen LogP contribution in [0.25, 0.3) is 0 Å². The van der Waals surface area contributed by atoms with Crippen LogP contribution in [0.5, 0.6) is 0 Å². The Balaban J connectivity index is 1.43. The molecule has 1 aliphatic rings. The molecule has 0 atom stereocenters. The van der Waals surface area contributed by atoms with Crippen LogP contribution >= 0.6 is 0 Å². The second-order valence-electron chi connectivity index (χ2n) is 8.58. The number of likely N-dealkylation sites (N-methyl/N-ethyl adjacent to an activating group) is 1. The van der Waals surface area contributed by atoms with Gasteiger partial charge in [-0.1, -0.05) is 65.8 Å². The molecule has 9 heteroatoms. The van der Waals surface area contributed by atoms with Crippen molar-refractivity contribution in [1.29, 1.82) is 0 Å². The molecule has 0 unspecified atom stereocenters. The van der Waals surface area contributed by atoms with E-state index in [0.29, 0.717) is 18.8 Å². The van der Waals surface area contributed by atoms with Crippen molar-refractivity contribution in [3.05, 3.63) is 83.2 Å². The third-order valence-electron chi connectivity index (χ3n) is 6.21. The van der Waals surface area contributed by atoms with Gasteiger partial charge >= 0.3 is 0 Å². The molecule has 0 bridgehead atoms. The van der Waals surface area contributed by atoms with Crippen LogP contribution in [0.15, 0.2) is 70.1 Å². The molecular formula is C25H30N4O4S. The van der Waals surface area contributed by atoms with Crippen LogP contribution in [0, 0.1) is 13.8 Å². The molecule has 0 saturated carbocycles. The van der Waals surface area contributed by atoms with Gasteiger partial charge in [0.1, 0.15) is 10.6 Å². The number of piperazine rings is 1. The van der Waals surface area contributed by atoms with Gasteiger partial charge < -0.3 is 9.42 Å². The van der Waals surface area contributed by atoms with Crippen molar-refractivity contribution >= 4 is 15.9 Å². The molecule has 0 radical (unpaired) electrons. The molecule has 3 aromatic rings. The first-order valence-corrected chi connectivity index (χ1v) is 12.7. The lowest BCUT2D eigenvalue weighted by Crippen LogP contribution is -2.52. The molecule has 1 aromatic heterocycles. The zero-order chi connectivity index (χ0) is 24.3. The van der Waals surface area contributed by atoms with Gasteiger partial charge in [-0.3, -0.25) is 9.69 Å². The minimum absolute atomic E-state index is 0.0197. The van der Waals surface area contributed by atoms with Crippen molar-refractivity contribution in [2.75, 3.05) is 39.8 Å². The molecule has 1 saturated heterocycles. The standard InChI is InChI=1S/C25H30N4O4S/c1-19-25(20(2)33-26-19)34(31,32)29-16-14-28(15-17-29)23(30)18-27(3)24(21-10-6-4-7-11-21)22-12-8-5-9-13-22/h4-13,24H,14-18H2,1-3H3. The molecule has 2 aromatic carbocycles. The van der Waals surface area contributed by atoms with E-state index in [9.17, 15) is 13.2 Å². The van der Waals surface area contributed by atoms with Crippen molar-refractivity contribution < 1.29 is 17.7 Å². The van der Waals surface area contributed by atoms with E-state index in [1.807, 2.05) is 48.3 Å². The van der Waals surface area contributed by atoms with Gasteiger partial charge in [0.25, 0.3) is 0 Å². The van der Waals surface area contributed by atoms with E-state index < -0.39 is 10.0 Å². The Morgan fingerprint density at radius 3 is 1.97 bits per heavy atom. The Labute approximate surface area is 200 Å². The van der Waals surface area contributed by atoms with Gasteiger partial charge in [-0.15, -0.1) is 0 Å². The minimum atomic E-state index is -3.71. The molecule has 34 heavy (non-hydrogen) atoms. The molecule has 2 heterocycles. The molecule has 0 aliphatic carbocycles. The number of aromatic nitrogens is 1. The summed E-state index contributed by atoms with van der Waals surface area (Å²) in [4.78, 5) is 17.1. The van der Waals surface area contributed by atoms with Crippen LogP contribution in [0.3, 0.4) is 0 Å². The number of sulfonamides is 1. The monoisotopic (exact) mass is 482 g/mol. The molecular weight excluding hydrogens is 452 g/mol. The molecule has 0 spiro atoms. The first kappa shape index (κ1) is 24.1. The SMILES string of the molecule is Cc1noc(C)c1S(=O)(=O)N1CCN(C(=O)CN(C)C(c2ccccc2)c2ccccc2)CC1. The highest BCUT2D eigenvalue weighted by Crippen LogP contribution is 2.28. The quantitative estimate of drug-likeness (QED) is 0.515.